The summed E-state index contributed by atoms with van der Waals surface area (Å²) in [5, 5.41) is 0. The van der Waals surface area contributed by atoms with Gasteiger partial charge in [-0.3, -0.25) is 0 Å². The monoisotopic (exact) mass is 291 g/mol. The van der Waals surface area contributed by atoms with E-state index in [2.05, 4.69) is 0 Å². The van der Waals surface area contributed by atoms with Gasteiger partial charge in [0.05, 0.1) is 0 Å². The second kappa shape index (κ2) is 16.2. The van der Waals surface area contributed by atoms with E-state index in [4.69, 9.17) is 0 Å². The zero-order valence-electron chi connectivity index (χ0n) is 2.19. The molecular formula is LaOSrTi+7. The van der Waals surface area contributed by atoms with Crippen LogP contribution in [0.2, 0.25) is 0 Å². The number of hydrogen-bond donors (Lipinski definition) is 0. The molecule has 0 radical (unpaired) electrons. The maximum absolute atomic E-state index is 0. The Labute approximate surface area is 105 Å². The summed E-state index contributed by atoms with van der Waals surface area (Å²) in [7, 11) is 0. The predicted octanol–water partition coefficient (Wildman–Crippen LogP) is -0.502. The van der Waals surface area contributed by atoms with Crippen LogP contribution in [0.25, 0.3) is 0 Å². The van der Waals surface area contributed by atoms with Gasteiger partial charge in [-0.05, 0) is 0 Å². The first-order chi connectivity index (χ1) is 0. The Morgan fingerprint density at radius 3 is 1.00 bits per heavy atom. The molecule has 0 saturated heterocycles. The van der Waals surface area contributed by atoms with Gasteiger partial charge in [0.15, 0.2) is 0 Å². The third-order valence-electron chi connectivity index (χ3n) is 0. The molecule has 0 bridgehead atoms. The van der Waals surface area contributed by atoms with E-state index in [1.54, 1.807) is 0 Å². The van der Waals surface area contributed by atoms with Gasteiger partial charge in [-0.25, -0.2) is 0 Å². The van der Waals surface area contributed by atoms with Gasteiger partial charge in [-0.15, -0.1) is 0 Å². The van der Waals surface area contributed by atoms with Crippen molar-refractivity contribution in [3.05, 3.63) is 0 Å². The predicted molar refractivity (Wildman–Crippen MR) is 6.44 cm³/mol. The first kappa shape index (κ1) is 26.4. The standard InChI is InChI=1S/La.O.Sr.Ti/q+3;-2;+2;+4. The molecule has 1 nitrogen and oxygen atoms in total. The van der Waals surface area contributed by atoms with Crippen molar-refractivity contribution in [2.75, 3.05) is 0 Å². The van der Waals surface area contributed by atoms with Crippen molar-refractivity contribution in [3.8, 4) is 0 Å². The summed E-state index contributed by atoms with van der Waals surface area (Å²) in [6.45, 7) is 0. The molecule has 0 unspecified atom stereocenters. The summed E-state index contributed by atoms with van der Waals surface area (Å²) >= 11 is 0. The van der Waals surface area contributed by atoms with Crippen molar-refractivity contribution in [2.24, 2.45) is 0 Å². The maximum atomic E-state index is 0. The molecule has 0 aromatic carbocycles. The summed E-state index contributed by atoms with van der Waals surface area (Å²) in [6, 6.07) is 0. The Bertz CT molecular complexity index is 8.00. The molecule has 0 aliphatic heterocycles. The van der Waals surface area contributed by atoms with Crippen LogP contribution >= 0.6 is 0 Å². The van der Waals surface area contributed by atoms with Crippen LogP contribution in [0.3, 0.4) is 0 Å². The van der Waals surface area contributed by atoms with E-state index in [1.165, 1.54) is 0 Å². The Balaban J connectivity index is 0. The SMILES string of the molecule is [La+3].[O-2].[Sr+2].[Ti+4]. The molecule has 0 atom stereocenters. The van der Waals surface area contributed by atoms with Gasteiger partial charge in [-0.2, -0.15) is 0 Å². The van der Waals surface area contributed by atoms with Gasteiger partial charge in [0, 0.05) is 0 Å². The maximum Gasteiger partial charge on any atom is 4.00 e. The Kier molecular flexibility index (Phi) is 107. The van der Waals surface area contributed by atoms with Gasteiger partial charge in [-0.1, -0.05) is 0 Å². The largest absolute Gasteiger partial charge is 4.00 e. The van der Waals surface area contributed by atoms with E-state index >= 15 is 0 Å². The molecular weight excluding hydrogens is 290 g/mol. The smallest absolute Gasteiger partial charge is 2.00 e. The summed E-state index contributed by atoms with van der Waals surface area (Å²) < 4.78 is 0. The molecule has 0 saturated carbocycles. The van der Waals surface area contributed by atoms with Crippen molar-refractivity contribution < 1.29 is 62.8 Å². The zero-order chi connectivity index (χ0) is 0. The molecule has 0 aliphatic carbocycles. The Morgan fingerprint density at radius 2 is 1.00 bits per heavy atom. The van der Waals surface area contributed by atoms with Crippen molar-refractivity contribution in [1.82, 2.24) is 0 Å². The van der Waals surface area contributed by atoms with Crippen LogP contribution in [-0.2, 0) is 27.2 Å². The molecule has 4 heavy (non-hydrogen) atoms. The molecule has 0 aliphatic rings. The molecule has 0 spiro atoms. The quantitative estimate of drug-likeness (QED) is 0.538. The molecule has 0 N–H and O–H groups in total. The average Bonchev–Trinajstić information content (AvgIpc) is 0. The first-order valence-electron chi connectivity index (χ1n) is 0. The molecule has 8 valence electrons. The van der Waals surface area contributed by atoms with Crippen molar-refractivity contribution in [1.29, 1.82) is 0 Å². The summed E-state index contributed by atoms with van der Waals surface area (Å²) in [5.74, 6) is 0. The van der Waals surface area contributed by atoms with Crippen LogP contribution in [-0.4, -0.2) is 45.5 Å². The molecule has 0 fully saturated rings. The summed E-state index contributed by atoms with van der Waals surface area (Å²) in [6.07, 6.45) is 0. The molecule has 0 aromatic heterocycles. The third-order valence-corrected chi connectivity index (χ3v) is 0. The van der Waals surface area contributed by atoms with E-state index in [1.807, 2.05) is 0 Å². The molecule has 0 amide bonds. The van der Waals surface area contributed by atoms with Crippen LogP contribution in [0, 0.1) is 35.6 Å². The van der Waals surface area contributed by atoms with Crippen LogP contribution in [0.5, 0.6) is 0 Å². The Morgan fingerprint density at radius 1 is 1.00 bits per heavy atom. The average molecular weight is 290 g/mol. The van der Waals surface area contributed by atoms with E-state index in [0.717, 1.165) is 0 Å². The van der Waals surface area contributed by atoms with Gasteiger partial charge in [0.2, 0.25) is 0 Å². The van der Waals surface area contributed by atoms with Crippen molar-refractivity contribution in [2.45, 2.75) is 0 Å². The normalized spacial score (nSPS) is 0. The fraction of sp³-hybridized carbons (Fsp3) is 0. The van der Waals surface area contributed by atoms with Crippen LogP contribution in [0.15, 0.2) is 0 Å². The van der Waals surface area contributed by atoms with Gasteiger partial charge in [0.1, 0.15) is 0 Å². The molecule has 0 rings (SSSR count). The zero-order valence-corrected chi connectivity index (χ0v) is 10.9. The number of hydrogen-bond acceptors (Lipinski definition) is 0. The number of rotatable bonds is 0. The first-order valence-corrected chi connectivity index (χ1v) is 0. The summed E-state index contributed by atoms with van der Waals surface area (Å²) in [5.41, 5.74) is 0. The van der Waals surface area contributed by atoms with Crippen LogP contribution < -0.4 is 0 Å². The van der Waals surface area contributed by atoms with E-state index in [-0.39, 0.29) is 108 Å². The summed E-state index contributed by atoms with van der Waals surface area (Å²) in [4.78, 5) is 0. The van der Waals surface area contributed by atoms with E-state index in [9.17, 15) is 0 Å². The second-order valence-corrected chi connectivity index (χ2v) is 0. The molecule has 0 heterocycles. The third kappa shape index (κ3) is 9.02. The second-order valence-electron chi connectivity index (χ2n) is 0. The van der Waals surface area contributed by atoms with Gasteiger partial charge in [0.25, 0.3) is 0 Å². The Hall–Kier alpha value is 3.35. The van der Waals surface area contributed by atoms with Crippen molar-refractivity contribution in [3.63, 3.8) is 0 Å². The van der Waals surface area contributed by atoms with Crippen LogP contribution in [0.4, 0.5) is 0 Å². The van der Waals surface area contributed by atoms with Gasteiger partial charge < -0.3 is 5.48 Å². The topological polar surface area (TPSA) is 28.5 Å². The fourth-order valence-electron chi connectivity index (χ4n) is 0. The molecule has 0 aromatic rings. The van der Waals surface area contributed by atoms with Crippen molar-refractivity contribution >= 4 is 45.5 Å². The van der Waals surface area contributed by atoms with Gasteiger partial charge >= 0.3 is 103 Å². The molecule has 4 heteroatoms. The van der Waals surface area contributed by atoms with E-state index in [0.29, 0.717) is 0 Å². The fourth-order valence-corrected chi connectivity index (χ4v) is 0. The minimum absolute atomic E-state index is 0. The minimum atomic E-state index is 0. The van der Waals surface area contributed by atoms with E-state index < -0.39 is 0 Å². The minimum Gasteiger partial charge on any atom is -2.00 e. The van der Waals surface area contributed by atoms with Crippen LogP contribution in [0.1, 0.15) is 0 Å².